The minimum atomic E-state index is -1.79. The first-order valence-electron chi connectivity index (χ1n) is 4.39. The lowest BCUT2D eigenvalue weighted by atomic mass is 10.0. The van der Waals surface area contributed by atoms with Crippen LogP contribution in [0.3, 0.4) is 0 Å². The van der Waals surface area contributed by atoms with Crippen LogP contribution in [0.15, 0.2) is 0 Å². The number of hydrazine groups is 1. The summed E-state index contributed by atoms with van der Waals surface area (Å²) in [6, 6.07) is 0. The van der Waals surface area contributed by atoms with Crippen molar-refractivity contribution in [1.29, 1.82) is 0 Å². The van der Waals surface area contributed by atoms with Gasteiger partial charge in [0.15, 0.2) is 0 Å². The number of aliphatic hydroxyl groups is 6. The fraction of sp³-hybridized carbons (Fsp3) is 1.00. The van der Waals surface area contributed by atoms with Crippen molar-refractivity contribution in [2.24, 2.45) is 0 Å². The zero-order valence-corrected chi connectivity index (χ0v) is 8.28. The zero-order chi connectivity index (χ0) is 12.0. The molecule has 15 heavy (non-hydrogen) atoms. The van der Waals surface area contributed by atoms with Gasteiger partial charge in [-0.25, -0.2) is 5.43 Å². The molecular weight excluding hydrogens is 208 g/mol. The summed E-state index contributed by atoms with van der Waals surface area (Å²) in [5, 5.41) is 54.4. The number of aliphatic hydroxyl groups excluding tert-OH is 6. The zero-order valence-electron chi connectivity index (χ0n) is 8.28. The highest BCUT2D eigenvalue weighted by Gasteiger charge is 2.33. The van der Waals surface area contributed by atoms with Crippen molar-refractivity contribution in [3.05, 3.63) is 0 Å². The molecule has 0 saturated carbocycles. The molecule has 0 aromatic rings. The van der Waals surface area contributed by atoms with Gasteiger partial charge in [-0.15, -0.1) is 0 Å². The lowest BCUT2D eigenvalue weighted by Gasteiger charge is -2.28. The van der Waals surface area contributed by atoms with Crippen LogP contribution in [-0.2, 0) is 0 Å². The molecule has 0 aromatic heterocycles. The SMILES string of the molecule is CNNC(O)[C@H](O)[C@@H](O)[C@H](O)[C@H](O)CO. The number of rotatable bonds is 7. The molecule has 8 nitrogen and oxygen atoms in total. The summed E-state index contributed by atoms with van der Waals surface area (Å²) < 4.78 is 0. The van der Waals surface area contributed by atoms with Gasteiger partial charge in [0.25, 0.3) is 0 Å². The maximum absolute atomic E-state index is 9.29. The van der Waals surface area contributed by atoms with E-state index < -0.39 is 37.3 Å². The fourth-order valence-corrected chi connectivity index (χ4v) is 0.958. The molecule has 0 aliphatic carbocycles. The van der Waals surface area contributed by atoms with E-state index in [1.165, 1.54) is 7.05 Å². The van der Waals surface area contributed by atoms with Gasteiger partial charge in [0, 0.05) is 0 Å². The van der Waals surface area contributed by atoms with Crippen LogP contribution in [0.25, 0.3) is 0 Å². The fourth-order valence-electron chi connectivity index (χ4n) is 0.958. The molecule has 5 atom stereocenters. The van der Waals surface area contributed by atoms with Crippen LogP contribution >= 0.6 is 0 Å². The first-order valence-corrected chi connectivity index (χ1v) is 4.39. The topological polar surface area (TPSA) is 145 Å². The van der Waals surface area contributed by atoms with E-state index in [1.54, 1.807) is 0 Å². The molecule has 8 heteroatoms. The molecule has 0 radical (unpaired) electrons. The summed E-state index contributed by atoms with van der Waals surface area (Å²) in [6.45, 7) is -0.763. The molecule has 1 unspecified atom stereocenters. The van der Waals surface area contributed by atoms with Crippen molar-refractivity contribution in [2.75, 3.05) is 13.7 Å². The summed E-state index contributed by atoms with van der Waals surface area (Å²) in [7, 11) is 1.43. The Kier molecular flexibility index (Phi) is 6.89. The second-order valence-corrected chi connectivity index (χ2v) is 3.06. The van der Waals surface area contributed by atoms with E-state index in [4.69, 9.17) is 15.3 Å². The van der Waals surface area contributed by atoms with E-state index in [0.29, 0.717) is 0 Å². The lowest BCUT2D eigenvalue weighted by Crippen LogP contribution is -2.55. The van der Waals surface area contributed by atoms with E-state index >= 15 is 0 Å². The maximum Gasteiger partial charge on any atom is 0.145 e. The molecule has 8 N–H and O–H groups in total. The Morgan fingerprint density at radius 2 is 1.47 bits per heavy atom. The minimum absolute atomic E-state index is 0.763. The third-order valence-electron chi connectivity index (χ3n) is 1.90. The largest absolute Gasteiger partial charge is 0.394 e. The third kappa shape index (κ3) is 4.36. The van der Waals surface area contributed by atoms with Gasteiger partial charge in [0.2, 0.25) is 0 Å². The Bertz CT molecular complexity index is 172. The molecule has 0 rings (SSSR count). The van der Waals surface area contributed by atoms with Gasteiger partial charge in [-0.05, 0) is 7.05 Å². The van der Waals surface area contributed by atoms with E-state index in [9.17, 15) is 15.3 Å². The highest BCUT2D eigenvalue weighted by molar-refractivity contribution is 4.83. The third-order valence-corrected chi connectivity index (χ3v) is 1.90. The van der Waals surface area contributed by atoms with Crippen molar-refractivity contribution in [1.82, 2.24) is 10.9 Å². The number of hydrogen-bond donors (Lipinski definition) is 8. The van der Waals surface area contributed by atoms with Gasteiger partial charge < -0.3 is 30.6 Å². The standard InChI is InChI=1S/C7H18N2O6/c1-8-9-7(15)6(14)5(13)4(12)3(11)2-10/h3-15H,2H2,1H3/t3-,4-,5+,6-,7?/m1/s1. The molecule has 0 amide bonds. The average molecular weight is 226 g/mol. The number of nitrogens with one attached hydrogen (secondary N) is 2. The molecule has 0 bridgehead atoms. The summed E-state index contributed by atoms with van der Waals surface area (Å²) in [4.78, 5) is 0. The smallest absolute Gasteiger partial charge is 0.145 e. The summed E-state index contributed by atoms with van der Waals surface area (Å²) in [6.07, 6.45) is -8.36. The average Bonchev–Trinajstić information content (AvgIpc) is 2.25. The normalized spacial score (nSPS) is 21.8. The highest BCUT2D eigenvalue weighted by atomic mass is 16.4. The molecule has 92 valence electrons. The highest BCUT2D eigenvalue weighted by Crippen LogP contribution is 2.06. The summed E-state index contributed by atoms with van der Waals surface area (Å²) in [5.41, 5.74) is 4.50. The molecular formula is C7H18N2O6. The molecule has 0 saturated heterocycles. The molecule has 0 spiro atoms. The van der Waals surface area contributed by atoms with Gasteiger partial charge in [-0.2, -0.15) is 0 Å². The Morgan fingerprint density at radius 3 is 1.87 bits per heavy atom. The maximum atomic E-state index is 9.29. The van der Waals surface area contributed by atoms with Crippen LogP contribution in [0.5, 0.6) is 0 Å². The van der Waals surface area contributed by atoms with Gasteiger partial charge in [-0.1, -0.05) is 0 Å². The van der Waals surface area contributed by atoms with E-state index in [1.807, 2.05) is 0 Å². The first kappa shape index (κ1) is 14.7. The van der Waals surface area contributed by atoms with Gasteiger partial charge in [-0.3, -0.25) is 5.43 Å². The van der Waals surface area contributed by atoms with Gasteiger partial charge >= 0.3 is 0 Å². The van der Waals surface area contributed by atoms with Crippen LogP contribution in [0, 0.1) is 0 Å². The lowest BCUT2D eigenvalue weighted by molar-refractivity contribution is -0.146. The van der Waals surface area contributed by atoms with E-state index in [2.05, 4.69) is 10.9 Å². The van der Waals surface area contributed by atoms with Crippen LogP contribution in [0.1, 0.15) is 0 Å². The van der Waals surface area contributed by atoms with E-state index in [-0.39, 0.29) is 0 Å². The Morgan fingerprint density at radius 1 is 0.933 bits per heavy atom. The minimum Gasteiger partial charge on any atom is -0.394 e. The molecule has 0 aliphatic rings. The summed E-state index contributed by atoms with van der Waals surface area (Å²) >= 11 is 0. The predicted molar refractivity (Wildman–Crippen MR) is 49.3 cm³/mol. The Balaban J connectivity index is 4.22. The van der Waals surface area contributed by atoms with Crippen molar-refractivity contribution in [2.45, 2.75) is 30.6 Å². The predicted octanol–water partition coefficient (Wildman–Crippen LogP) is -4.54. The van der Waals surface area contributed by atoms with Gasteiger partial charge in [0.1, 0.15) is 30.6 Å². The molecule has 0 fully saturated rings. The van der Waals surface area contributed by atoms with Crippen molar-refractivity contribution < 1.29 is 30.6 Å². The Hall–Kier alpha value is -0.320. The first-order chi connectivity index (χ1) is 6.95. The molecule has 0 aliphatic heterocycles. The van der Waals surface area contributed by atoms with Crippen LogP contribution < -0.4 is 10.9 Å². The van der Waals surface area contributed by atoms with Gasteiger partial charge in [0.05, 0.1) is 6.61 Å². The number of hydrogen-bond acceptors (Lipinski definition) is 8. The van der Waals surface area contributed by atoms with Crippen LogP contribution in [0.2, 0.25) is 0 Å². The monoisotopic (exact) mass is 226 g/mol. The van der Waals surface area contributed by atoms with E-state index in [0.717, 1.165) is 0 Å². The van der Waals surface area contributed by atoms with Crippen molar-refractivity contribution in [3.63, 3.8) is 0 Å². The molecule has 0 aromatic carbocycles. The van der Waals surface area contributed by atoms with Crippen molar-refractivity contribution >= 4 is 0 Å². The second-order valence-electron chi connectivity index (χ2n) is 3.06. The second kappa shape index (κ2) is 7.04. The summed E-state index contributed by atoms with van der Waals surface area (Å²) in [5.74, 6) is 0. The van der Waals surface area contributed by atoms with Crippen LogP contribution in [0.4, 0.5) is 0 Å². The Labute approximate surface area is 86.8 Å². The van der Waals surface area contributed by atoms with Crippen LogP contribution in [-0.4, -0.2) is 74.9 Å². The molecule has 0 heterocycles. The quantitative estimate of drug-likeness (QED) is 0.160. The van der Waals surface area contributed by atoms with Crippen molar-refractivity contribution in [3.8, 4) is 0 Å².